The van der Waals surface area contributed by atoms with Crippen LogP contribution in [0.15, 0.2) is 18.2 Å². The van der Waals surface area contributed by atoms with Crippen LogP contribution in [0.1, 0.15) is 16.1 Å². The van der Waals surface area contributed by atoms with Crippen LogP contribution < -0.4 is 9.47 Å². The van der Waals surface area contributed by atoms with Crippen molar-refractivity contribution in [2.75, 3.05) is 14.2 Å². The van der Waals surface area contributed by atoms with Crippen LogP contribution in [0, 0.1) is 6.92 Å². The van der Waals surface area contributed by atoms with Crippen molar-refractivity contribution in [3.8, 4) is 22.8 Å². The third kappa shape index (κ3) is 2.32. The van der Waals surface area contributed by atoms with Crippen molar-refractivity contribution in [2.24, 2.45) is 7.05 Å². The van der Waals surface area contributed by atoms with Gasteiger partial charge in [0.15, 0.2) is 5.69 Å². The lowest BCUT2D eigenvalue weighted by molar-refractivity contribution is 0.0689. The van der Waals surface area contributed by atoms with E-state index in [2.05, 4.69) is 5.10 Å². The Morgan fingerprint density at radius 1 is 1.20 bits per heavy atom. The summed E-state index contributed by atoms with van der Waals surface area (Å²) >= 11 is 0. The minimum Gasteiger partial charge on any atom is -0.496 e. The highest BCUT2D eigenvalue weighted by atomic mass is 16.5. The van der Waals surface area contributed by atoms with Crippen LogP contribution in [-0.4, -0.2) is 35.1 Å². The maximum atomic E-state index is 11.0. The van der Waals surface area contributed by atoms with Gasteiger partial charge in [0.25, 0.3) is 0 Å². The Bertz CT molecular complexity index is 661. The molecular weight excluding hydrogens is 260 g/mol. The Labute approximate surface area is 116 Å². The Morgan fingerprint density at radius 3 is 2.35 bits per heavy atom. The molecule has 0 fully saturated rings. The zero-order valence-electron chi connectivity index (χ0n) is 11.8. The molecule has 0 radical (unpaired) electrons. The number of carbonyl (C=O) groups is 1. The average molecular weight is 276 g/mol. The van der Waals surface area contributed by atoms with E-state index in [-0.39, 0.29) is 5.69 Å². The summed E-state index contributed by atoms with van der Waals surface area (Å²) in [4.78, 5) is 11.0. The highest BCUT2D eigenvalue weighted by Crippen LogP contribution is 2.35. The van der Waals surface area contributed by atoms with Gasteiger partial charge in [0.1, 0.15) is 11.5 Å². The number of ether oxygens (including phenoxy) is 2. The highest BCUT2D eigenvalue weighted by molar-refractivity contribution is 5.87. The first-order valence-electron chi connectivity index (χ1n) is 5.98. The number of benzene rings is 1. The number of hydrogen-bond acceptors (Lipinski definition) is 4. The number of methoxy groups -OCH3 is 2. The van der Waals surface area contributed by atoms with Crippen molar-refractivity contribution in [1.29, 1.82) is 0 Å². The number of nitrogens with zero attached hydrogens (tertiary/aromatic N) is 2. The molecule has 1 N–H and O–H groups in total. The number of aromatic nitrogens is 2. The quantitative estimate of drug-likeness (QED) is 0.925. The van der Waals surface area contributed by atoms with Gasteiger partial charge in [-0.2, -0.15) is 5.10 Å². The van der Waals surface area contributed by atoms with Gasteiger partial charge in [-0.05, 0) is 24.6 Å². The van der Waals surface area contributed by atoms with E-state index in [4.69, 9.17) is 14.6 Å². The molecule has 0 spiro atoms. The summed E-state index contributed by atoms with van der Waals surface area (Å²) in [6.07, 6.45) is 0. The van der Waals surface area contributed by atoms with E-state index in [0.29, 0.717) is 17.2 Å². The molecule has 20 heavy (non-hydrogen) atoms. The largest absolute Gasteiger partial charge is 0.496 e. The summed E-state index contributed by atoms with van der Waals surface area (Å²) in [5.74, 6) is 0.259. The normalized spacial score (nSPS) is 10.4. The summed E-state index contributed by atoms with van der Waals surface area (Å²) in [5, 5.41) is 13.0. The molecule has 1 aromatic heterocycles. The van der Waals surface area contributed by atoms with Gasteiger partial charge in [-0.25, -0.2) is 4.79 Å². The number of rotatable bonds is 4. The topological polar surface area (TPSA) is 73.6 Å². The van der Waals surface area contributed by atoms with E-state index in [0.717, 1.165) is 11.1 Å². The van der Waals surface area contributed by atoms with Gasteiger partial charge < -0.3 is 14.6 Å². The van der Waals surface area contributed by atoms with Crippen LogP contribution in [0.4, 0.5) is 0 Å². The molecule has 0 aliphatic heterocycles. The summed E-state index contributed by atoms with van der Waals surface area (Å²) in [5.41, 5.74) is 2.37. The molecule has 0 bridgehead atoms. The lowest BCUT2D eigenvalue weighted by Crippen LogP contribution is -2.00. The molecule has 0 saturated carbocycles. The summed E-state index contributed by atoms with van der Waals surface area (Å²) in [6, 6.07) is 5.19. The number of carboxylic acids is 1. The Hall–Kier alpha value is -2.50. The second kappa shape index (κ2) is 5.24. The van der Waals surface area contributed by atoms with Crippen LogP contribution >= 0.6 is 0 Å². The van der Waals surface area contributed by atoms with Gasteiger partial charge in [-0.15, -0.1) is 0 Å². The third-order valence-corrected chi connectivity index (χ3v) is 3.09. The zero-order chi connectivity index (χ0) is 14.9. The SMILES string of the molecule is COc1cc(OC)c(-c2cc(C(=O)O)nn2C)cc1C. The predicted octanol–water partition coefficient (Wildman–Crippen LogP) is 2.11. The number of aryl methyl sites for hydroxylation is 2. The maximum Gasteiger partial charge on any atom is 0.356 e. The molecule has 1 heterocycles. The minimum absolute atomic E-state index is 0.00183. The van der Waals surface area contributed by atoms with Crippen molar-refractivity contribution in [3.63, 3.8) is 0 Å². The third-order valence-electron chi connectivity index (χ3n) is 3.09. The second-order valence-electron chi connectivity index (χ2n) is 4.37. The van der Waals surface area contributed by atoms with Gasteiger partial charge in [-0.1, -0.05) is 0 Å². The van der Waals surface area contributed by atoms with E-state index in [1.165, 1.54) is 10.7 Å². The van der Waals surface area contributed by atoms with Crippen molar-refractivity contribution in [1.82, 2.24) is 9.78 Å². The highest BCUT2D eigenvalue weighted by Gasteiger charge is 2.17. The zero-order valence-corrected chi connectivity index (χ0v) is 11.8. The minimum atomic E-state index is -1.06. The summed E-state index contributed by atoms with van der Waals surface area (Å²) in [6.45, 7) is 1.91. The van der Waals surface area contributed by atoms with E-state index < -0.39 is 5.97 Å². The Kier molecular flexibility index (Phi) is 3.65. The van der Waals surface area contributed by atoms with Crippen molar-refractivity contribution < 1.29 is 19.4 Å². The Morgan fingerprint density at radius 2 is 1.85 bits per heavy atom. The molecule has 1 aromatic carbocycles. The van der Waals surface area contributed by atoms with E-state index in [9.17, 15) is 4.79 Å². The van der Waals surface area contributed by atoms with Crippen LogP contribution in [0.2, 0.25) is 0 Å². The molecule has 106 valence electrons. The standard InChI is InChI=1S/C14H16N2O4/c1-8-5-9(13(20-4)7-12(8)19-3)11-6-10(14(17)18)15-16(11)2/h5-7H,1-4H3,(H,17,18). The van der Waals surface area contributed by atoms with Gasteiger partial charge in [0.05, 0.1) is 19.9 Å². The van der Waals surface area contributed by atoms with Crippen molar-refractivity contribution in [2.45, 2.75) is 6.92 Å². The smallest absolute Gasteiger partial charge is 0.356 e. The molecule has 0 saturated heterocycles. The molecule has 0 amide bonds. The summed E-state index contributed by atoms with van der Waals surface area (Å²) in [7, 11) is 4.84. The maximum absolute atomic E-state index is 11.0. The van der Waals surface area contributed by atoms with E-state index >= 15 is 0 Å². The summed E-state index contributed by atoms with van der Waals surface area (Å²) < 4.78 is 12.1. The molecule has 0 aliphatic carbocycles. The van der Waals surface area contributed by atoms with Crippen LogP contribution in [-0.2, 0) is 7.05 Å². The molecule has 2 aromatic rings. The molecular formula is C14H16N2O4. The van der Waals surface area contributed by atoms with E-state index in [1.54, 1.807) is 27.3 Å². The Balaban J connectivity index is 2.62. The molecule has 6 nitrogen and oxygen atoms in total. The lowest BCUT2D eigenvalue weighted by Gasteiger charge is -2.13. The molecule has 0 aliphatic rings. The second-order valence-corrected chi connectivity index (χ2v) is 4.37. The van der Waals surface area contributed by atoms with Crippen LogP contribution in [0.25, 0.3) is 11.3 Å². The predicted molar refractivity (Wildman–Crippen MR) is 73.4 cm³/mol. The van der Waals surface area contributed by atoms with Crippen molar-refractivity contribution >= 4 is 5.97 Å². The van der Waals surface area contributed by atoms with Crippen LogP contribution in [0.5, 0.6) is 11.5 Å². The first-order chi connectivity index (χ1) is 9.47. The van der Waals surface area contributed by atoms with E-state index in [1.807, 2.05) is 13.0 Å². The van der Waals surface area contributed by atoms with Gasteiger partial charge in [0.2, 0.25) is 0 Å². The first-order valence-corrected chi connectivity index (χ1v) is 5.98. The monoisotopic (exact) mass is 276 g/mol. The molecule has 6 heteroatoms. The number of hydrogen-bond donors (Lipinski definition) is 1. The molecule has 0 unspecified atom stereocenters. The van der Waals surface area contributed by atoms with Crippen molar-refractivity contribution in [3.05, 3.63) is 29.5 Å². The van der Waals surface area contributed by atoms with Gasteiger partial charge in [0, 0.05) is 18.7 Å². The molecule has 2 rings (SSSR count). The average Bonchev–Trinajstić information content (AvgIpc) is 2.80. The number of carboxylic acid groups (broad SMARTS) is 1. The van der Waals surface area contributed by atoms with Crippen LogP contribution in [0.3, 0.4) is 0 Å². The number of aromatic carboxylic acids is 1. The fourth-order valence-corrected chi connectivity index (χ4v) is 2.08. The van der Waals surface area contributed by atoms with Gasteiger partial charge >= 0.3 is 5.97 Å². The first kappa shape index (κ1) is 13.9. The fraction of sp³-hybridized carbons (Fsp3) is 0.286. The lowest BCUT2D eigenvalue weighted by atomic mass is 10.1. The fourth-order valence-electron chi connectivity index (χ4n) is 2.08. The molecule has 0 atom stereocenters. The van der Waals surface area contributed by atoms with Gasteiger partial charge in [-0.3, -0.25) is 4.68 Å².